The first-order valence-electron chi connectivity index (χ1n) is 6.51. The third-order valence-electron chi connectivity index (χ3n) is 2.92. The highest BCUT2D eigenvalue weighted by Gasteiger charge is 2.24. The fourth-order valence-corrected chi connectivity index (χ4v) is 2.74. The van der Waals surface area contributed by atoms with Gasteiger partial charge in [0.1, 0.15) is 6.10 Å². The molecule has 0 radical (unpaired) electrons. The van der Waals surface area contributed by atoms with Gasteiger partial charge in [0.25, 0.3) is 0 Å². The molecule has 1 aliphatic rings. The molecule has 108 valence electrons. The highest BCUT2D eigenvalue weighted by molar-refractivity contribution is 7.99. The second-order valence-electron chi connectivity index (χ2n) is 4.59. The van der Waals surface area contributed by atoms with Crippen LogP contribution in [0.1, 0.15) is 6.42 Å². The number of likely N-dealkylation sites (N-methyl/N-ethyl adjacent to an activating group) is 1. The molecular formula is C14H18N2O3S. The Morgan fingerprint density at radius 2 is 2.20 bits per heavy atom. The van der Waals surface area contributed by atoms with Crippen LogP contribution in [-0.4, -0.2) is 48.9 Å². The number of nitrogens with zero attached hydrogens (tertiary/aromatic N) is 1. The van der Waals surface area contributed by atoms with E-state index in [1.165, 1.54) is 4.90 Å². The van der Waals surface area contributed by atoms with E-state index in [0.29, 0.717) is 25.3 Å². The highest BCUT2D eigenvalue weighted by atomic mass is 32.2. The smallest absolute Gasteiger partial charge is 0.317 e. The van der Waals surface area contributed by atoms with E-state index in [0.717, 1.165) is 4.90 Å². The molecule has 0 unspecified atom stereocenters. The zero-order chi connectivity index (χ0) is 14.4. The number of ether oxygens (including phenoxy) is 1. The minimum atomic E-state index is -0.257. The number of urea groups is 1. The van der Waals surface area contributed by atoms with Gasteiger partial charge in [0.05, 0.1) is 19.5 Å². The number of carbonyl (C=O) groups excluding carboxylic acids is 2. The van der Waals surface area contributed by atoms with E-state index in [9.17, 15) is 9.59 Å². The van der Waals surface area contributed by atoms with Crippen molar-refractivity contribution in [3.05, 3.63) is 30.3 Å². The predicted octanol–water partition coefficient (Wildman–Crippen LogP) is 1.74. The third-order valence-corrected chi connectivity index (χ3v) is 3.94. The van der Waals surface area contributed by atoms with E-state index in [4.69, 9.17) is 4.74 Å². The van der Waals surface area contributed by atoms with Gasteiger partial charge in [-0.15, -0.1) is 11.8 Å². The number of hydrogen-bond acceptors (Lipinski definition) is 4. The van der Waals surface area contributed by atoms with E-state index in [2.05, 4.69) is 5.32 Å². The van der Waals surface area contributed by atoms with Crippen molar-refractivity contribution in [2.75, 3.05) is 25.9 Å². The Hall–Kier alpha value is -1.69. The van der Waals surface area contributed by atoms with E-state index < -0.39 is 0 Å². The number of benzene rings is 1. The molecule has 1 fully saturated rings. The lowest BCUT2D eigenvalue weighted by atomic mass is 10.3. The summed E-state index contributed by atoms with van der Waals surface area (Å²) in [7, 11) is 1.68. The maximum absolute atomic E-state index is 11.7. The summed E-state index contributed by atoms with van der Waals surface area (Å²) in [5.74, 6) is 0.473. The van der Waals surface area contributed by atoms with Crippen LogP contribution in [0.2, 0.25) is 0 Å². The molecule has 0 spiro atoms. The van der Waals surface area contributed by atoms with Crippen LogP contribution in [0.5, 0.6) is 0 Å². The minimum absolute atomic E-state index is 0.128. The molecule has 1 atom stereocenters. The third kappa shape index (κ3) is 4.45. The van der Waals surface area contributed by atoms with E-state index in [1.54, 1.807) is 18.8 Å². The first-order valence-corrected chi connectivity index (χ1v) is 7.50. The quantitative estimate of drug-likeness (QED) is 0.664. The Morgan fingerprint density at radius 3 is 2.90 bits per heavy atom. The topological polar surface area (TPSA) is 58.6 Å². The summed E-state index contributed by atoms with van der Waals surface area (Å²) in [6, 6.07) is 9.81. The first-order chi connectivity index (χ1) is 9.65. The van der Waals surface area contributed by atoms with Crippen molar-refractivity contribution in [2.45, 2.75) is 17.4 Å². The van der Waals surface area contributed by atoms with Gasteiger partial charge in [-0.05, 0) is 12.1 Å². The number of esters is 1. The van der Waals surface area contributed by atoms with Gasteiger partial charge in [0.2, 0.25) is 0 Å². The largest absolute Gasteiger partial charge is 0.459 e. The molecule has 0 aromatic heterocycles. The normalized spacial score (nSPS) is 18.6. The molecule has 6 heteroatoms. The molecule has 5 nitrogen and oxygen atoms in total. The van der Waals surface area contributed by atoms with Crippen LogP contribution >= 0.6 is 11.8 Å². The summed E-state index contributed by atoms with van der Waals surface area (Å²) in [6.07, 6.45) is 0.111. The monoisotopic (exact) mass is 294 g/mol. The van der Waals surface area contributed by atoms with Gasteiger partial charge >= 0.3 is 12.0 Å². The van der Waals surface area contributed by atoms with Gasteiger partial charge in [-0.2, -0.15) is 0 Å². The van der Waals surface area contributed by atoms with Crippen LogP contribution in [0.25, 0.3) is 0 Å². The Bertz CT molecular complexity index is 467. The zero-order valence-corrected chi connectivity index (χ0v) is 12.2. The number of rotatable bonds is 5. The van der Waals surface area contributed by atoms with Crippen LogP contribution in [0.3, 0.4) is 0 Å². The lowest BCUT2D eigenvalue weighted by Crippen LogP contribution is -2.53. The van der Waals surface area contributed by atoms with Gasteiger partial charge in [-0.1, -0.05) is 18.2 Å². The number of hydrogen-bond donors (Lipinski definition) is 1. The van der Waals surface area contributed by atoms with E-state index in [-0.39, 0.29) is 18.1 Å². The summed E-state index contributed by atoms with van der Waals surface area (Å²) in [5.41, 5.74) is 0. The van der Waals surface area contributed by atoms with Gasteiger partial charge in [0, 0.05) is 17.7 Å². The molecule has 1 N–H and O–H groups in total. The van der Waals surface area contributed by atoms with Crippen LogP contribution in [0, 0.1) is 0 Å². The SMILES string of the molecule is CN1C[C@H](OC(=O)CCSc2ccccc2)CNC1=O. The maximum atomic E-state index is 11.7. The van der Waals surface area contributed by atoms with Gasteiger partial charge in [-0.3, -0.25) is 4.79 Å². The molecule has 1 aliphatic heterocycles. The second kappa shape index (κ2) is 7.19. The van der Waals surface area contributed by atoms with Crippen molar-refractivity contribution >= 4 is 23.8 Å². The molecule has 2 amide bonds. The van der Waals surface area contributed by atoms with Crippen LogP contribution in [0.15, 0.2) is 35.2 Å². The molecule has 2 rings (SSSR count). The summed E-state index contributed by atoms with van der Waals surface area (Å²) in [6.45, 7) is 0.837. The standard InChI is InChI=1S/C14H18N2O3S/c1-16-10-11(9-15-14(16)18)19-13(17)7-8-20-12-5-3-2-4-6-12/h2-6,11H,7-10H2,1H3,(H,15,18)/t11-/m1/s1. The fraction of sp³-hybridized carbons (Fsp3) is 0.429. The average Bonchev–Trinajstić information content (AvgIpc) is 2.44. The van der Waals surface area contributed by atoms with Crippen LogP contribution in [-0.2, 0) is 9.53 Å². The number of thioether (sulfide) groups is 1. The summed E-state index contributed by atoms with van der Waals surface area (Å²) < 4.78 is 5.34. The second-order valence-corrected chi connectivity index (χ2v) is 5.76. The first kappa shape index (κ1) is 14.7. The summed E-state index contributed by atoms with van der Waals surface area (Å²) >= 11 is 1.63. The molecule has 0 saturated carbocycles. The van der Waals surface area contributed by atoms with Gasteiger partial charge in [0.15, 0.2) is 0 Å². The maximum Gasteiger partial charge on any atom is 0.317 e. The van der Waals surface area contributed by atoms with Crippen molar-refractivity contribution in [2.24, 2.45) is 0 Å². The Balaban J connectivity index is 1.67. The van der Waals surface area contributed by atoms with Crippen molar-refractivity contribution in [3.8, 4) is 0 Å². The predicted molar refractivity (Wildman–Crippen MR) is 77.7 cm³/mol. The van der Waals surface area contributed by atoms with E-state index in [1.807, 2.05) is 30.3 Å². The van der Waals surface area contributed by atoms with Crippen molar-refractivity contribution in [3.63, 3.8) is 0 Å². The molecule has 1 saturated heterocycles. The van der Waals surface area contributed by atoms with Crippen molar-refractivity contribution in [1.29, 1.82) is 0 Å². The molecule has 1 aromatic carbocycles. The highest BCUT2D eigenvalue weighted by Crippen LogP contribution is 2.18. The molecule has 0 aliphatic carbocycles. The average molecular weight is 294 g/mol. The Morgan fingerprint density at radius 1 is 1.45 bits per heavy atom. The Kier molecular flexibility index (Phi) is 5.29. The summed E-state index contributed by atoms with van der Waals surface area (Å²) in [5, 5.41) is 2.67. The van der Waals surface area contributed by atoms with Crippen LogP contribution in [0.4, 0.5) is 4.79 Å². The molecule has 0 bridgehead atoms. The van der Waals surface area contributed by atoms with Crippen molar-refractivity contribution < 1.29 is 14.3 Å². The summed E-state index contributed by atoms with van der Waals surface area (Å²) in [4.78, 5) is 25.6. The van der Waals surface area contributed by atoms with Crippen LogP contribution < -0.4 is 5.32 Å². The lowest BCUT2D eigenvalue weighted by Gasteiger charge is -2.30. The fourth-order valence-electron chi connectivity index (χ4n) is 1.88. The van der Waals surface area contributed by atoms with Gasteiger partial charge < -0.3 is 15.0 Å². The molecule has 1 heterocycles. The number of carbonyl (C=O) groups is 2. The Labute approximate surface area is 122 Å². The molecule has 20 heavy (non-hydrogen) atoms. The van der Waals surface area contributed by atoms with Crippen molar-refractivity contribution in [1.82, 2.24) is 10.2 Å². The minimum Gasteiger partial charge on any atom is -0.459 e. The van der Waals surface area contributed by atoms with E-state index >= 15 is 0 Å². The molecule has 1 aromatic rings. The molecular weight excluding hydrogens is 276 g/mol. The zero-order valence-electron chi connectivity index (χ0n) is 11.4. The van der Waals surface area contributed by atoms with Gasteiger partial charge in [-0.25, -0.2) is 4.79 Å². The number of nitrogens with one attached hydrogen (secondary N) is 1. The number of amides is 2. The lowest BCUT2D eigenvalue weighted by molar-refractivity contribution is -0.149.